The van der Waals surface area contributed by atoms with Gasteiger partial charge in [-0.2, -0.15) is 0 Å². The first-order chi connectivity index (χ1) is 7.52. The molecule has 0 N–H and O–H groups in total. The van der Waals surface area contributed by atoms with Gasteiger partial charge >= 0.3 is 0 Å². The fourth-order valence-corrected chi connectivity index (χ4v) is 2.54. The van der Waals surface area contributed by atoms with Crippen molar-refractivity contribution >= 4 is 5.57 Å². The number of allylic oxidation sites excluding steroid dienone is 2. The zero-order valence-corrected chi connectivity index (χ0v) is 10.6. The minimum atomic E-state index is 0.282. The summed E-state index contributed by atoms with van der Waals surface area (Å²) in [5.74, 6) is 0.980. The van der Waals surface area contributed by atoms with Crippen molar-refractivity contribution in [2.75, 3.05) is 6.61 Å². The largest absolute Gasteiger partial charge is 0.494 e. The molecule has 0 unspecified atom stereocenters. The summed E-state index contributed by atoms with van der Waals surface area (Å²) >= 11 is 0. The van der Waals surface area contributed by atoms with Crippen LogP contribution in [0.5, 0.6) is 5.75 Å². The van der Waals surface area contributed by atoms with E-state index in [0.29, 0.717) is 0 Å². The number of hydrogen-bond donors (Lipinski definition) is 0. The molecular formula is C15H20O. The first-order valence-electron chi connectivity index (χ1n) is 5.97. The Kier molecular flexibility index (Phi) is 2.79. The molecule has 0 aromatic heterocycles. The van der Waals surface area contributed by atoms with Gasteiger partial charge in [-0.15, -0.1) is 0 Å². The summed E-state index contributed by atoms with van der Waals surface area (Å²) in [7, 11) is 0. The number of hydrogen-bond acceptors (Lipinski definition) is 1. The highest BCUT2D eigenvalue weighted by Crippen LogP contribution is 2.37. The SMILES string of the molecule is CCOc1ccc2c(c1)C(C)=CC(C)(C)C2. The molecule has 1 aliphatic carbocycles. The number of benzene rings is 1. The van der Waals surface area contributed by atoms with E-state index in [1.54, 1.807) is 0 Å². The lowest BCUT2D eigenvalue weighted by molar-refractivity contribution is 0.339. The van der Waals surface area contributed by atoms with Crippen molar-refractivity contribution in [3.8, 4) is 5.75 Å². The monoisotopic (exact) mass is 216 g/mol. The smallest absolute Gasteiger partial charge is 0.119 e. The maximum absolute atomic E-state index is 5.55. The van der Waals surface area contributed by atoms with Gasteiger partial charge in [0.1, 0.15) is 5.75 Å². The molecule has 0 spiro atoms. The van der Waals surface area contributed by atoms with Crippen molar-refractivity contribution in [3.05, 3.63) is 35.4 Å². The van der Waals surface area contributed by atoms with Gasteiger partial charge in [0.2, 0.25) is 0 Å². The van der Waals surface area contributed by atoms with Crippen LogP contribution in [0.15, 0.2) is 24.3 Å². The average molecular weight is 216 g/mol. The Balaban J connectivity index is 2.42. The lowest BCUT2D eigenvalue weighted by atomic mass is 9.76. The van der Waals surface area contributed by atoms with Gasteiger partial charge in [-0.3, -0.25) is 0 Å². The molecule has 0 amide bonds. The zero-order chi connectivity index (χ0) is 11.8. The van der Waals surface area contributed by atoms with Crippen LogP contribution in [-0.2, 0) is 6.42 Å². The molecule has 1 aromatic carbocycles. The molecule has 2 rings (SSSR count). The van der Waals surface area contributed by atoms with Crippen LogP contribution in [0.25, 0.3) is 5.57 Å². The second-order valence-electron chi connectivity index (χ2n) is 5.24. The summed E-state index contributed by atoms with van der Waals surface area (Å²) in [5.41, 5.74) is 4.44. The number of fused-ring (bicyclic) bond motifs is 1. The summed E-state index contributed by atoms with van der Waals surface area (Å²) in [4.78, 5) is 0. The Labute approximate surface area is 98.1 Å². The summed E-state index contributed by atoms with van der Waals surface area (Å²) in [6.45, 7) is 9.51. The summed E-state index contributed by atoms with van der Waals surface area (Å²) < 4.78 is 5.55. The van der Waals surface area contributed by atoms with E-state index in [-0.39, 0.29) is 5.41 Å². The third kappa shape index (κ3) is 2.13. The van der Waals surface area contributed by atoms with Crippen LogP contribution in [0.1, 0.15) is 38.8 Å². The Morgan fingerprint density at radius 1 is 1.31 bits per heavy atom. The summed E-state index contributed by atoms with van der Waals surface area (Å²) in [5, 5.41) is 0. The molecule has 0 bridgehead atoms. The fraction of sp³-hybridized carbons (Fsp3) is 0.467. The van der Waals surface area contributed by atoms with Crippen LogP contribution in [0.4, 0.5) is 0 Å². The molecule has 0 aliphatic heterocycles. The molecule has 1 aliphatic rings. The van der Waals surface area contributed by atoms with Crippen LogP contribution >= 0.6 is 0 Å². The Bertz CT molecular complexity index is 427. The Morgan fingerprint density at radius 2 is 2.06 bits per heavy atom. The molecule has 0 atom stereocenters. The molecule has 86 valence electrons. The molecule has 0 heterocycles. The second kappa shape index (κ2) is 3.97. The van der Waals surface area contributed by atoms with Crippen molar-refractivity contribution in [2.24, 2.45) is 5.41 Å². The minimum absolute atomic E-state index is 0.282. The van der Waals surface area contributed by atoms with Crippen molar-refractivity contribution in [1.29, 1.82) is 0 Å². The second-order valence-corrected chi connectivity index (χ2v) is 5.24. The van der Waals surface area contributed by atoms with Crippen LogP contribution in [0, 0.1) is 5.41 Å². The van der Waals surface area contributed by atoms with Gasteiger partial charge in [0.05, 0.1) is 6.61 Å². The van der Waals surface area contributed by atoms with Gasteiger partial charge in [0.25, 0.3) is 0 Å². The van der Waals surface area contributed by atoms with Crippen LogP contribution in [0.2, 0.25) is 0 Å². The summed E-state index contributed by atoms with van der Waals surface area (Å²) in [6, 6.07) is 6.45. The average Bonchev–Trinajstić information content (AvgIpc) is 2.18. The van der Waals surface area contributed by atoms with Gasteiger partial charge < -0.3 is 4.74 Å². The van der Waals surface area contributed by atoms with Gasteiger partial charge in [-0.25, -0.2) is 0 Å². The van der Waals surface area contributed by atoms with Crippen LogP contribution in [-0.4, -0.2) is 6.61 Å². The highest BCUT2D eigenvalue weighted by atomic mass is 16.5. The van der Waals surface area contributed by atoms with Crippen molar-refractivity contribution in [1.82, 2.24) is 0 Å². The maximum Gasteiger partial charge on any atom is 0.119 e. The zero-order valence-electron chi connectivity index (χ0n) is 10.6. The lowest BCUT2D eigenvalue weighted by Gasteiger charge is -2.29. The first-order valence-corrected chi connectivity index (χ1v) is 5.97. The van der Waals surface area contributed by atoms with E-state index >= 15 is 0 Å². The molecule has 16 heavy (non-hydrogen) atoms. The lowest BCUT2D eigenvalue weighted by Crippen LogP contribution is -2.17. The molecule has 0 radical (unpaired) electrons. The van der Waals surface area contributed by atoms with Crippen molar-refractivity contribution in [3.63, 3.8) is 0 Å². The number of ether oxygens (including phenoxy) is 1. The number of rotatable bonds is 2. The fourth-order valence-electron chi connectivity index (χ4n) is 2.54. The molecule has 0 saturated heterocycles. The van der Waals surface area contributed by atoms with Crippen molar-refractivity contribution in [2.45, 2.75) is 34.1 Å². The van der Waals surface area contributed by atoms with Gasteiger partial charge in [0.15, 0.2) is 0 Å². The Morgan fingerprint density at radius 3 is 2.75 bits per heavy atom. The highest BCUT2D eigenvalue weighted by Gasteiger charge is 2.23. The van der Waals surface area contributed by atoms with E-state index in [9.17, 15) is 0 Å². The molecule has 0 fully saturated rings. The van der Waals surface area contributed by atoms with E-state index < -0.39 is 0 Å². The standard InChI is InChI=1S/C15H20O/c1-5-16-13-7-6-12-10-15(3,4)9-11(2)14(12)8-13/h6-9H,5,10H2,1-4H3. The molecule has 1 nitrogen and oxygen atoms in total. The topological polar surface area (TPSA) is 9.23 Å². The molecule has 0 saturated carbocycles. The normalized spacial score (nSPS) is 17.6. The van der Waals surface area contributed by atoms with E-state index in [0.717, 1.165) is 18.8 Å². The maximum atomic E-state index is 5.55. The van der Waals surface area contributed by atoms with E-state index in [1.807, 2.05) is 6.92 Å². The summed E-state index contributed by atoms with van der Waals surface area (Å²) in [6.07, 6.45) is 3.48. The van der Waals surface area contributed by atoms with E-state index in [4.69, 9.17) is 4.74 Å². The van der Waals surface area contributed by atoms with Crippen molar-refractivity contribution < 1.29 is 4.74 Å². The quantitative estimate of drug-likeness (QED) is 0.724. The van der Waals surface area contributed by atoms with Crippen LogP contribution in [0.3, 0.4) is 0 Å². The Hall–Kier alpha value is -1.24. The van der Waals surface area contributed by atoms with Gasteiger partial charge in [-0.1, -0.05) is 26.0 Å². The molecular weight excluding hydrogens is 196 g/mol. The van der Waals surface area contributed by atoms with Gasteiger partial charge in [-0.05, 0) is 54.5 Å². The molecule has 1 aromatic rings. The van der Waals surface area contributed by atoms with E-state index in [2.05, 4.69) is 45.0 Å². The molecule has 1 heteroatoms. The first kappa shape index (κ1) is 11.3. The van der Waals surface area contributed by atoms with Crippen LogP contribution < -0.4 is 4.74 Å². The third-order valence-corrected chi connectivity index (χ3v) is 3.07. The highest BCUT2D eigenvalue weighted by molar-refractivity contribution is 5.70. The predicted octanol–water partition coefficient (Wildman–Crippen LogP) is 4.07. The predicted molar refractivity (Wildman–Crippen MR) is 68.7 cm³/mol. The van der Waals surface area contributed by atoms with Gasteiger partial charge in [0, 0.05) is 0 Å². The van der Waals surface area contributed by atoms with E-state index in [1.165, 1.54) is 16.7 Å². The third-order valence-electron chi connectivity index (χ3n) is 3.07. The minimum Gasteiger partial charge on any atom is -0.494 e.